The van der Waals surface area contributed by atoms with Crippen molar-refractivity contribution in [2.24, 2.45) is 0 Å². The van der Waals surface area contributed by atoms with Gasteiger partial charge in [-0.2, -0.15) is 0 Å². The number of nitrogens with zero attached hydrogens (tertiary/aromatic N) is 1. The van der Waals surface area contributed by atoms with E-state index in [0.717, 1.165) is 31.8 Å². The predicted molar refractivity (Wildman–Crippen MR) is 91.2 cm³/mol. The van der Waals surface area contributed by atoms with Crippen LogP contribution in [0.25, 0.3) is 0 Å². The summed E-state index contributed by atoms with van der Waals surface area (Å²) < 4.78 is 5.21. The Kier molecular flexibility index (Phi) is 9.11. The molecule has 0 amide bonds. The van der Waals surface area contributed by atoms with Gasteiger partial charge in [0.25, 0.3) is 0 Å². The maximum atomic E-state index is 5.21. The number of rotatable bonds is 11. The molecular formula is C18H32N2O. The maximum absolute atomic E-state index is 5.21. The monoisotopic (exact) mass is 292 g/mol. The highest BCUT2D eigenvalue weighted by Gasteiger charge is 2.09. The smallest absolute Gasteiger partial charge is 0.118 e. The lowest BCUT2D eigenvalue weighted by molar-refractivity contribution is 0.278. The molecule has 1 rings (SSSR count). The Morgan fingerprint density at radius 3 is 2.24 bits per heavy atom. The third kappa shape index (κ3) is 6.96. The largest absolute Gasteiger partial charge is 0.497 e. The minimum absolute atomic E-state index is 0.609. The first-order valence-electron chi connectivity index (χ1n) is 8.32. The van der Waals surface area contributed by atoms with Crippen LogP contribution in [0.15, 0.2) is 24.3 Å². The Hall–Kier alpha value is -1.06. The van der Waals surface area contributed by atoms with Crippen LogP contribution in [0.4, 0.5) is 0 Å². The van der Waals surface area contributed by atoms with Crippen molar-refractivity contribution in [2.45, 2.75) is 46.1 Å². The molecule has 3 nitrogen and oxygen atoms in total. The molecule has 3 heteroatoms. The third-order valence-electron chi connectivity index (χ3n) is 4.12. The van der Waals surface area contributed by atoms with Crippen molar-refractivity contribution in [2.75, 3.05) is 33.3 Å². The molecule has 1 aromatic rings. The van der Waals surface area contributed by atoms with Crippen molar-refractivity contribution in [3.05, 3.63) is 29.8 Å². The van der Waals surface area contributed by atoms with Crippen molar-refractivity contribution in [1.29, 1.82) is 0 Å². The summed E-state index contributed by atoms with van der Waals surface area (Å²) >= 11 is 0. The molecule has 0 saturated heterocycles. The van der Waals surface area contributed by atoms with Crippen LogP contribution in [-0.4, -0.2) is 44.2 Å². The van der Waals surface area contributed by atoms with E-state index in [1.54, 1.807) is 7.11 Å². The van der Waals surface area contributed by atoms with Gasteiger partial charge < -0.3 is 15.0 Å². The van der Waals surface area contributed by atoms with Crippen molar-refractivity contribution in [3.8, 4) is 5.75 Å². The van der Waals surface area contributed by atoms with E-state index in [0.29, 0.717) is 6.04 Å². The zero-order chi connectivity index (χ0) is 15.5. The lowest BCUT2D eigenvalue weighted by Crippen LogP contribution is -2.34. The second-order valence-corrected chi connectivity index (χ2v) is 5.46. The first-order valence-corrected chi connectivity index (χ1v) is 8.32. The summed E-state index contributed by atoms with van der Waals surface area (Å²) in [6.07, 6.45) is 3.55. The highest BCUT2D eigenvalue weighted by molar-refractivity contribution is 5.27. The average Bonchev–Trinajstić information content (AvgIpc) is 2.53. The molecule has 0 fully saturated rings. The lowest BCUT2D eigenvalue weighted by Gasteiger charge is -2.23. The molecule has 1 aromatic carbocycles. The number of hydrogen-bond acceptors (Lipinski definition) is 3. The minimum Gasteiger partial charge on any atom is -0.497 e. The molecule has 0 radical (unpaired) electrons. The van der Waals surface area contributed by atoms with Crippen LogP contribution in [0.2, 0.25) is 0 Å². The summed E-state index contributed by atoms with van der Waals surface area (Å²) in [4.78, 5) is 2.50. The van der Waals surface area contributed by atoms with Crippen LogP contribution < -0.4 is 10.1 Å². The molecule has 0 aliphatic rings. The summed E-state index contributed by atoms with van der Waals surface area (Å²) in [5.74, 6) is 0.934. The molecule has 0 aliphatic carbocycles. The van der Waals surface area contributed by atoms with E-state index in [9.17, 15) is 0 Å². The lowest BCUT2D eigenvalue weighted by atomic mass is 10.0. The van der Waals surface area contributed by atoms with Gasteiger partial charge in [-0.25, -0.2) is 0 Å². The summed E-state index contributed by atoms with van der Waals surface area (Å²) in [5, 5.41) is 3.63. The third-order valence-corrected chi connectivity index (χ3v) is 4.12. The number of ether oxygens (including phenoxy) is 1. The quantitative estimate of drug-likeness (QED) is 0.677. The van der Waals surface area contributed by atoms with Crippen molar-refractivity contribution in [1.82, 2.24) is 10.2 Å². The van der Waals surface area contributed by atoms with Crippen molar-refractivity contribution < 1.29 is 4.74 Å². The van der Waals surface area contributed by atoms with Crippen LogP contribution >= 0.6 is 0 Å². The van der Waals surface area contributed by atoms with Gasteiger partial charge in [0.15, 0.2) is 0 Å². The maximum Gasteiger partial charge on any atom is 0.118 e. The van der Waals surface area contributed by atoms with E-state index >= 15 is 0 Å². The predicted octanol–water partition coefficient (Wildman–Crippen LogP) is 3.34. The first-order chi connectivity index (χ1) is 10.2. The molecule has 1 N–H and O–H groups in total. The van der Waals surface area contributed by atoms with Gasteiger partial charge in [-0.05, 0) is 63.1 Å². The molecule has 0 bridgehead atoms. The molecule has 1 atom stereocenters. The Balaban J connectivity index is 2.41. The summed E-state index contributed by atoms with van der Waals surface area (Å²) in [5.41, 5.74) is 1.39. The zero-order valence-electron chi connectivity index (χ0n) is 14.2. The Bertz CT molecular complexity index is 360. The number of benzene rings is 1. The first kappa shape index (κ1) is 18.0. The molecule has 21 heavy (non-hydrogen) atoms. The molecule has 0 heterocycles. The highest BCUT2D eigenvalue weighted by atomic mass is 16.5. The standard InChI is InChI=1S/C18H32N2O/c1-5-19-17(14-15-20(6-2)7-3)11-8-16-9-12-18(21-4)13-10-16/h9-10,12-13,17,19H,5-8,11,14-15H2,1-4H3. The van der Waals surface area contributed by atoms with Crippen LogP contribution in [-0.2, 0) is 6.42 Å². The van der Waals surface area contributed by atoms with Gasteiger partial charge in [0.1, 0.15) is 5.75 Å². The van der Waals surface area contributed by atoms with Crippen molar-refractivity contribution in [3.63, 3.8) is 0 Å². The van der Waals surface area contributed by atoms with Gasteiger partial charge in [-0.3, -0.25) is 0 Å². The topological polar surface area (TPSA) is 24.5 Å². The Morgan fingerprint density at radius 2 is 1.71 bits per heavy atom. The number of aryl methyl sites for hydroxylation is 1. The fraction of sp³-hybridized carbons (Fsp3) is 0.667. The number of nitrogens with one attached hydrogen (secondary N) is 1. The zero-order valence-corrected chi connectivity index (χ0v) is 14.2. The van der Waals surface area contributed by atoms with Crippen LogP contribution in [0.5, 0.6) is 5.75 Å². The molecule has 0 saturated carbocycles. The van der Waals surface area contributed by atoms with Crippen LogP contribution in [0.1, 0.15) is 39.2 Å². The second kappa shape index (κ2) is 10.6. The van der Waals surface area contributed by atoms with E-state index in [-0.39, 0.29) is 0 Å². The van der Waals surface area contributed by atoms with Gasteiger partial charge in [-0.15, -0.1) is 0 Å². The van der Waals surface area contributed by atoms with E-state index < -0.39 is 0 Å². The summed E-state index contributed by atoms with van der Waals surface area (Å²) in [6.45, 7) is 11.2. The minimum atomic E-state index is 0.609. The fourth-order valence-electron chi connectivity index (χ4n) is 2.65. The average molecular weight is 292 g/mol. The Morgan fingerprint density at radius 1 is 1.05 bits per heavy atom. The molecule has 120 valence electrons. The van der Waals surface area contributed by atoms with Crippen LogP contribution in [0, 0.1) is 0 Å². The van der Waals surface area contributed by atoms with Gasteiger partial charge in [0.05, 0.1) is 7.11 Å². The molecule has 0 spiro atoms. The van der Waals surface area contributed by atoms with Gasteiger partial charge >= 0.3 is 0 Å². The SMILES string of the molecule is CCNC(CCc1ccc(OC)cc1)CCN(CC)CC. The van der Waals surface area contributed by atoms with Gasteiger partial charge in [-0.1, -0.05) is 32.9 Å². The Labute approximate surface area is 130 Å². The fourth-order valence-corrected chi connectivity index (χ4v) is 2.65. The highest BCUT2D eigenvalue weighted by Crippen LogP contribution is 2.14. The second-order valence-electron chi connectivity index (χ2n) is 5.46. The van der Waals surface area contributed by atoms with Crippen LogP contribution in [0.3, 0.4) is 0 Å². The normalized spacial score (nSPS) is 12.6. The van der Waals surface area contributed by atoms with E-state index in [2.05, 4.69) is 43.1 Å². The van der Waals surface area contributed by atoms with Gasteiger partial charge in [0.2, 0.25) is 0 Å². The van der Waals surface area contributed by atoms with Crippen molar-refractivity contribution >= 4 is 0 Å². The van der Waals surface area contributed by atoms with E-state index in [1.165, 1.54) is 24.9 Å². The molecule has 1 unspecified atom stereocenters. The number of methoxy groups -OCH3 is 1. The molecule has 0 aliphatic heterocycles. The molecule has 0 aromatic heterocycles. The van der Waals surface area contributed by atoms with E-state index in [1.807, 2.05) is 12.1 Å². The number of hydrogen-bond donors (Lipinski definition) is 1. The van der Waals surface area contributed by atoms with Gasteiger partial charge in [0, 0.05) is 6.04 Å². The van der Waals surface area contributed by atoms with E-state index in [4.69, 9.17) is 4.74 Å². The summed E-state index contributed by atoms with van der Waals surface area (Å²) in [6, 6.07) is 9.05. The molecular weight excluding hydrogens is 260 g/mol. The summed E-state index contributed by atoms with van der Waals surface area (Å²) in [7, 11) is 1.71.